The van der Waals surface area contributed by atoms with Gasteiger partial charge in [0.1, 0.15) is 11.8 Å². The summed E-state index contributed by atoms with van der Waals surface area (Å²) in [6.07, 6.45) is 4.13. The molecule has 8 nitrogen and oxygen atoms in total. The SMILES string of the molecule is CCOC(=O)[C@@H]1C[C@@H]2C(=O)CCCC[C@@H]2N1S(=O)(=O)c1ccnn1C. The lowest BCUT2D eigenvalue weighted by molar-refractivity contribution is -0.147. The number of esters is 1. The van der Waals surface area contributed by atoms with Crippen LogP contribution in [0.5, 0.6) is 0 Å². The topological polar surface area (TPSA) is 98.6 Å². The largest absolute Gasteiger partial charge is 0.465 e. The van der Waals surface area contributed by atoms with Crippen molar-refractivity contribution >= 4 is 21.8 Å². The highest BCUT2D eigenvalue weighted by atomic mass is 32.2. The van der Waals surface area contributed by atoms with Gasteiger partial charge >= 0.3 is 5.97 Å². The van der Waals surface area contributed by atoms with Gasteiger partial charge in [0.25, 0.3) is 10.0 Å². The maximum Gasteiger partial charge on any atom is 0.324 e. The Morgan fingerprint density at radius 3 is 2.80 bits per heavy atom. The number of ether oxygens (including phenoxy) is 1. The molecule has 138 valence electrons. The minimum absolute atomic E-state index is 0.0131. The van der Waals surface area contributed by atoms with E-state index in [1.54, 1.807) is 6.92 Å². The summed E-state index contributed by atoms with van der Waals surface area (Å²) in [5, 5.41) is 3.94. The molecule has 3 atom stereocenters. The lowest BCUT2D eigenvalue weighted by Gasteiger charge is -2.28. The first-order valence-corrected chi connectivity index (χ1v) is 10.0. The Morgan fingerprint density at radius 2 is 2.16 bits per heavy atom. The van der Waals surface area contributed by atoms with Crippen LogP contribution in [0, 0.1) is 5.92 Å². The number of hydrogen-bond acceptors (Lipinski definition) is 6. The number of hydrogen-bond donors (Lipinski definition) is 0. The number of aromatic nitrogens is 2. The molecule has 1 aromatic rings. The summed E-state index contributed by atoms with van der Waals surface area (Å²) >= 11 is 0. The highest BCUT2D eigenvalue weighted by Gasteiger charge is 2.54. The van der Waals surface area contributed by atoms with E-state index in [2.05, 4.69) is 5.10 Å². The van der Waals surface area contributed by atoms with Crippen LogP contribution < -0.4 is 0 Å². The number of nitrogens with zero attached hydrogens (tertiary/aromatic N) is 3. The second-order valence-electron chi connectivity index (χ2n) is 6.52. The van der Waals surface area contributed by atoms with Crippen LogP contribution in [0.4, 0.5) is 0 Å². The van der Waals surface area contributed by atoms with Crippen molar-refractivity contribution in [1.82, 2.24) is 14.1 Å². The van der Waals surface area contributed by atoms with E-state index in [0.29, 0.717) is 12.8 Å². The van der Waals surface area contributed by atoms with Crippen LogP contribution in [0.25, 0.3) is 0 Å². The standard InChI is InChI=1S/C16H23N3O5S/c1-3-24-16(21)13-10-11-12(6-4-5-7-14(11)20)19(13)25(22,23)15-8-9-17-18(15)2/h8-9,11-13H,3-7,10H2,1-2H3/t11-,12-,13-/m0/s1. The Kier molecular flexibility index (Phi) is 4.97. The highest BCUT2D eigenvalue weighted by Crippen LogP contribution is 2.40. The predicted octanol–water partition coefficient (Wildman–Crippen LogP) is 0.874. The minimum atomic E-state index is -3.97. The molecule has 25 heavy (non-hydrogen) atoms. The molecule has 0 aromatic carbocycles. The van der Waals surface area contributed by atoms with E-state index in [1.807, 2.05) is 0 Å². The molecule has 0 amide bonds. The summed E-state index contributed by atoms with van der Waals surface area (Å²) in [4.78, 5) is 24.9. The van der Waals surface area contributed by atoms with Gasteiger partial charge in [-0.25, -0.2) is 8.42 Å². The fraction of sp³-hybridized carbons (Fsp3) is 0.688. The normalized spacial score (nSPS) is 27.8. The zero-order chi connectivity index (χ0) is 18.2. The van der Waals surface area contributed by atoms with Crippen molar-refractivity contribution < 1.29 is 22.7 Å². The number of fused-ring (bicyclic) bond motifs is 1. The second-order valence-corrected chi connectivity index (χ2v) is 8.31. The van der Waals surface area contributed by atoms with Crippen molar-refractivity contribution in [2.75, 3.05) is 6.61 Å². The van der Waals surface area contributed by atoms with E-state index >= 15 is 0 Å². The maximum atomic E-state index is 13.3. The third kappa shape index (κ3) is 3.10. The number of carbonyl (C=O) groups is 2. The summed E-state index contributed by atoms with van der Waals surface area (Å²) in [6.45, 7) is 1.84. The Hall–Kier alpha value is -1.74. The lowest BCUT2D eigenvalue weighted by atomic mass is 9.93. The first kappa shape index (κ1) is 18.1. The number of ketones is 1. The van der Waals surface area contributed by atoms with Crippen LogP contribution in [0.1, 0.15) is 39.0 Å². The Balaban J connectivity index is 2.05. The highest BCUT2D eigenvalue weighted by molar-refractivity contribution is 7.89. The smallest absolute Gasteiger partial charge is 0.324 e. The fourth-order valence-corrected chi connectivity index (χ4v) is 5.88. The van der Waals surface area contributed by atoms with Gasteiger partial charge in [0.2, 0.25) is 0 Å². The zero-order valence-corrected chi connectivity index (χ0v) is 15.2. The summed E-state index contributed by atoms with van der Waals surface area (Å²) in [6, 6.07) is -0.0511. The van der Waals surface area contributed by atoms with Crippen molar-refractivity contribution in [3.8, 4) is 0 Å². The predicted molar refractivity (Wildman–Crippen MR) is 88.0 cm³/mol. The number of Topliss-reactive ketones (excluding diaryl/α,β-unsaturated/α-hetero) is 1. The van der Waals surface area contributed by atoms with Gasteiger partial charge in [-0.15, -0.1) is 0 Å². The summed E-state index contributed by atoms with van der Waals surface area (Å²) < 4.78 is 34.1. The van der Waals surface area contributed by atoms with Crippen LogP contribution in [0.15, 0.2) is 17.3 Å². The van der Waals surface area contributed by atoms with E-state index in [9.17, 15) is 18.0 Å². The molecule has 3 rings (SSSR count). The molecule has 1 aliphatic heterocycles. The molecule has 0 radical (unpaired) electrons. The Morgan fingerprint density at radius 1 is 1.40 bits per heavy atom. The lowest BCUT2D eigenvalue weighted by Crippen LogP contribution is -2.46. The van der Waals surface area contributed by atoms with Crippen LogP contribution in [0.3, 0.4) is 0 Å². The Bertz CT molecular complexity index is 772. The molecule has 0 unspecified atom stereocenters. The van der Waals surface area contributed by atoms with Gasteiger partial charge in [-0.3, -0.25) is 14.3 Å². The molecular weight excluding hydrogens is 346 g/mol. The second kappa shape index (κ2) is 6.87. The minimum Gasteiger partial charge on any atom is -0.465 e. The summed E-state index contributed by atoms with van der Waals surface area (Å²) in [7, 11) is -2.43. The molecule has 0 N–H and O–H groups in total. The van der Waals surface area contributed by atoms with Crippen molar-refractivity contribution in [2.24, 2.45) is 13.0 Å². The third-order valence-corrected chi connectivity index (χ3v) is 7.05. The van der Waals surface area contributed by atoms with Crippen molar-refractivity contribution in [2.45, 2.75) is 56.1 Å². The first-order valence-electron chi connectivity index (χ1n) is 8.58. The van der Waals surface area contributed by atoms with Gasteiger partial charge in [-0.05, 0) is 32.3 Å². The van der Waals surface area contributed by atoms with Crippen LogP contribution in [-0.4, -0.2) is 52.9 Å². The molecule has 2 fully saturated rings. The number of aryl methyl sites for hydroxylation is 1. The molecule has 1 aromatic heterocycles. The van der Waals surface area contributed by atoms with E-state index < -0.39 is 34.0 Å². The average molecular weight is 369 g/mol. The molecule has 1 saturated carbocycles. The van der Waals surface area contributed by atoms with Gasteiger partial charge in [0.15, 0.2) is 5.03 Å². The molecule has 1 aliphatic carbocycles. The Labute approximate surface area is 147 Å². The molecule has 0 spiro atoms. The van der Waals surface area contributed by atoms with E-state index in [-0.39, 0.29) is 23.8 Å². The van der Waals surface area contributed by atoms with Crippen LogP contribution in [0.2, 0.25) is 0 Å². The van der Waals surface area contributed by atoms with Gasteiger partial charge < -0.3 is 4.74 Å². The van der Waals surface area contributed by atoms with Crippen molar-refractivity contribution in [3.63, 3.8) is 0 Å². The third-order valence-electron chi connectivity index (χ3n) is 5.04. The monoisotopic (exact) mass is 369 g/mol. The van der Waals surface area contributed by atoms with Gasteiger partial charge in [-0.2, -0.15) is 9.40 Å². The average Bonchev–Trinajstić information content (AvgIpc) is 3.12. The number of sulfonamides is 1. The quantitative estimate of drug-likeness (QED) is 0.731. The zero-order valence-electron chi connectivity index (χ0n) is 14.4. The maximum absolute atomic E-state index is 13.3. The summed E-state index contributed by atoms with van der Waals surface area (Å²) in [5.74, 6) is -0.992. The molecule has 9 heteroatoms. The number of rotatable bonds is 4. The van der Waals surface area contributed by atoms with E-state index in [1.165, 1.54) is 28.3 Å². The molecular formula is C16H23N3O5S. The van der Waals surface area contributed by atoms with Crippen LogP contribution >= 0.6 is 0 Å². The van der Waals surface area contributed by atoms with Crippen LogP contribution in [-0.2, 0) is 31.4 Å². The van der Waals surface area contributed by atoms with Gasteiger partial charge in [-0.1, -0.05) is 6.42 Å². The van der Waals surface area contributed by atoms with E-state index in [0.717, 1.165) is 12.8 Å². The number of carbonyl (C=O) groups excluding carboxylic acids is 2. The molecule has 0 bridgehead atoms. The van der Waals surface area contributed by atoms with E-state index in [4.69, 9.17) is 4.74 Å². The van der Waals surface area contributed by atoms with Crippen molar-refractivity contribution in [1.29, 1.82) is 0 Å². The fourth-order valence-electron chi connectivity index (χ4n) is 3.93. The van der Waals surface area contributed by atoms with Gasteiger partial charge in [0, 0.05) is 25.4 Å². The van der Waals surface area contributed by atoms with Crippen molar-refractivity contribution in [3.05, 3.63) is 12.3 Å². The first-order chi connectivity index (χ1) is 11.9. The van der Waals surface area contributed by atoms with Gasteiger partial charge in [0.05, 0.1) is 12.8 Å². The molecule has 1 saturated heterocycles. The molecule has 2 aliphatic rings. The summed E-state index contributed by atoms with van der Waals surface area (Å²) in [5.41, 5.74) is 0. The molecule has 2 heterocycles.